The Labute approximate surface area is 130 Å². The Kier molecular flexibility index (Phi) is 4.94. The minimum absolute atomic E-state index is 0.0889. The largest absolute Gasteiger partial charge is 0.348 e. The molecule has 0 unspecified atom stereocenters. The molecular weight excluding hydrogens is 276 g/mol. The number of amides is 2. The Morgan fingerprint density at radius 1 is 0.955 bits per heavy atom. The molecule has 0 bridgehead atoms. The number of carbonyl (C=O) groups excluding carboxylic acids is 2. The molecule has 22 heavy (non-hydrogen) atoms. The van der Waals surface area contributed by atoms with E-state index in [2.05, 4.69) is 10.6 Å². The van der Waals surface area contributed by atoms with E-state index in [0.717, 1.165) is 16.8 Å². The van der Waals surface area contributed by atoms with E-state index in [9.17, 15) is 9.59 Å². The van der Waals surface area contributed by atoms with Gasteiger partial charge < -0.3 is 10.6 Å². The standard InChI is InChI=1S/C18H20N2O2/c1-12-4-7-16(10-13(12)2)18(22)19-11-15-5-8-17(9-6-15)20-14(3)21/h4-10H,11H2,1-3H3,(H,19,22)(H,20,21). The van der Waals surface area contributed by atoms with Crippen molar-refractivity contribution in [1.29, 1.82) is 0 Å². The lowest BCUT2D eigenvalue weighted by molar-refractivity contribution is -0.114. The first-order chi connectivity index (χ1) is 10.5. The molecule has 2 rings (SSSR count). The van der Waals surface area contributed by atoms with E-state index in [1.807, 2.05) is 56.3 Å². The summed E-state index contributed by atoms with van der Waals surface area (Å²) in [5.41, 5.74) is 4.67. The summed E-state index contributed by atoms with van der Waals surface area (Å²) in [5, 5.41) is 5.60. The van der Waals surface area contributed by atoms with Crippen molar-refractivity contribution in [3.05, 3.63) is 64.7 Å². The molecule has 0 aliphatic heterocycles. The van der Waals surface area contributed by atoms with E-state index in [-0.39, 0.29) is 11.8 Å². The maximum absolute atomic E-state index is 12.1. The number of aryl methyl sites for hydroxylation is 2. The van der Waals surface area contributed by atoms with Gasteiger partial charge in [0.2, 0.25) is 5.91 Å². The summed E-state index contributed by atoms with van der Waals surface area (Å²) in [6, 6.07) is 13.1. The normalized spacial score (nSPS) is 10.1. The van der Waals surface area contributed by atoms with Crippen LogP contribution in [0.4, 0.5) is 5.69 Å². The average Bonchev–Trinajstić information content (AvgIpc) is 2.48. The van der Waals surface area contributed by atoms with Crippen LogP contribution in [0.15, 0.2) is 42.5 Å². The van der Waals surface area contributed by atoms with Crippen molar-refractivity contribution in [2.75, 3.05) is 5.32 Å². The summed E-state index contributed by atoms with van der Waals surface area (Å²) in [6.07, 6.45) is 0. The van der Waals surface area contributed by atoms with Crippen LogP contribution >= 0.6 is 0 Å². The molecular formula is C18H20N2O2. The first-order valence-corrected chi connectivity index (χ1v) is 7.17. The van der Waals surface area contributed by atoms with Crippen molar-refractivity contribution in [3.63, 3.8) is 0 Å². The third kappa shape index (κ3) is 4.19. The fraction of sp³-hybridized carbons (Fsp3) is 0.222. The predicted molar refractivity (Wildman–Crippen MR) is 87.8 cm³/mol. The van der Waals surface area contributed by atoms with Crippen LogP contribution in [-0.4, -0.2) is 11.8 Å². The molecule has 0 heterocycles. The van der Waals surface area contributed by atoms with Crippen molar-refractivity contribution in [2.45, 2.75) is 27.3 Å². The van der Waals surface area contributed by atoms with Gasteiger partial charge in [-0.1, -0.05) is 18.2 Å². The van der Waals surface area contributed by atoms with Gasteiger partial charge in [-0.2, -0.15) is 0 Å². The second kappa shape index (κ2) is 6.89. The molecule has 0 atom stereocenters. The van der Waals surface area contributed by atoms with E-state index >= 15 is 0 Å². The quantitative estimate of drug-likeness (QED) is 0.910. The summed E-state index contributed by atoms with van der Waals surface area (Å²) < 4.78 is 0. The van der Waals surface area contributed by atoms with E-state index in [1.165, 1.54) is 12.5 Å². The third-order valence-electron chi connectivity index (χ3n) is 3.50. The number of nitrogens with one attached hydrogen (secondary N) is 2. The number of rotatable bonds is 4. The minimum Gasteiger partial charge on any atom is -0.348 e. The number of benzene rings is 2. The van der Waals surface area contributed by atoms with Gasteiger partial charge in [0, 0.05) is 24.7 Å². The monoisotopic (exact) mass is 296 g/mol. The highest BCUT2D eigenvalue weighted by molar-refractivity contribution is 5.94. The maximum Gasteiger partial charge on any atom is 0.251 e. The molecule has 0 aromatic heterocycles. The lowest BCUT2D eigenvalue weighted by Crippen LogP contribution is -2.22. The van der Waals surface area contributed by atoms with Crippen molar-refractivity contribution in [1.82, 2.24) is 5.32 Å². The second-order valence-corrected chi connectivity index (χ2v) is 5.36. The van der Waals surface area contributed by atoms with Crippen LogP contribution in [0.3, 0.4) is 0 Å². The Balaban J connectivity index is 1.95. The number of carbonyl (C=O) groups is 2. The van der Waals surface area contributed by atoms with Gasteiger partial charge in [-0.3, -0.25) is 9.59 Å². The fourth-order valence-electron chi connectivity index (χ4n) is 2.08. The summed E-state index contributed by atoms with van der Waals surface area (Å²) >= 11 is 0. The summed E-state index contributed by atoms with van der Waals surface area (Å²) in [6.45, 7) is 5.93. The van der Waals surface area contributed by atoms with Gasteiger partial charge in [-0.05, 0) is 54.8 Å². The third-order valence-corrected chi connectivity index (χ3v) is 3.50. The zero-order valence-electron chi connectivity index (χ0n) is 13.1. The summed E-state index contributed by atoms with van der Waals surface area (Å²) in [5.74, 6) is -0.190. The number of hydrogen-bond donors (Lipinski definition) is 2. The molecule has 0 saturated carbocycles. The molecule has 0 saturated heterocycles. The molecule has 114 valence electrons. The maximum atomic E-state index is 12.1. The lowest BCUT2D eigenvalue weighted by Gasteiger charge is -2.08. The zero-order valence-corrected chi connectivity index (χ0v) is 13.1. The average molecular weight is 296 g/mol. The molecule has 0 aliphatic carbocycles. The Hall–Kier alpha value is -2.62. The van der Waals surface area contributed by atoms with Crippen LogP contribution in [0.5, 0.6) is 0 Å². The van der Waals surface area contributed by atoms with E-state index in [4.69, 9.17) is 0 Å². The SMILES string of the molecule is CC(=O)Nc1ccc(CNC(=O)c2ccc(C)c(C)c2)cc1. The number of anilines is 1. The first-order valence-electron chi connectivity index (χ1n) is 7.17. The van der Waals surface area contributed by atoms with Crippen molar-refractivity contribution < 1.29 is 9.59 Å². The lowest BCUT2D eigenvalue weighted by atomic mass is 10.1. The second-order valence-electron chi connectivity index (χ2n) is 5.36. The Morgan fingerprint density at radius 3 is 2.23 bits per heavy atom. The molecule has 4 heteroatoms. The van der Waals surface area contributed by atoms with Gasteiger partial charge in [0.15, 0.2) is 0 Å². The zero-order chi connectivity index (χ0) is 16.1. The van der Waals surface area contributed by atoms with Gasteiger partial charge in [0.05, 0.1) is 0 Å². The van der Waals surface area contributed by atoms with Gasteiger partial charge in [0.1, 0.15) is 0 Å². The van der Waals surface area contributed by atoms with Gasteiger partial charge in [0.25, 0.3) is 5.91 Å². The highest BCUT2D eigenvalue weighted by Crippen LogP contribution is 2.11. The van der Waals surface area contributed by atoms with E-state index < -0.39 is 0 Å². The molecule has 0 spiro atoms. The minimum atomic E-state index is -0.101. The highest BCUT2D eigenvalue weighted by atomic mass is 16.2. The van der Waals surface area contributed by atoms with Gasteiger partial charge >= 0.3 is 0 Å². The van der Waals surface area contributed by atoms with Crippen LogP contribution in [0, 0.1) is 13.8 Å². The molecule has 0 fully saturated rings. The van der Waals surface area contributed by atoms with Crippen LogP contribution in [-0.2, 0) is 11.3 Å². The Bertz CT molecular complexity index is 691. The predicted octanol–water partition coefficient (Wildman–Crippen LogP) is 3.19. The molecule has 2 amide bonds. The van der Waals surface area contributed by atoms with Crippen LogP contribution in [0.25, 0.3) is 0 Å². The summed E-state index contributed by atoms with van der Waals surface area (Å²) in [4.78, 5) is 23.1. The molecule has 2 aromatic carbocycles. The summed E-state index contributed by atoms with van der Waals surface area (Å²) in [7, 11) is 0. The smallest absolute Gasteiger partial charge is 0.251 e. The highest BCUT2D eigenvalue weighted by Gasteiger charge is 2.06. The van der Waals surface area contributed by atoms with Crippen molar-refractivity contribution in [2.24, 2.45) is 0 Å². The van der Waals surface area contributed by atoms with E-state index in [1.54, 1.807) is 0 Å². The molecule has 2 aromatic rings. The molecule has 4 nitrogen and oxygen atoms in total. The number of hydrogen-bond acceptors (Lipinski definition) is 2. The molecule has 0 aliphatic rings. The van der Waals surface area contributed by atoms with E-state index in [0.29, 0.717) is 12.1 Å². The van der Waals surface area contributed by atoms with Gasteiger partial charge in [-0.25, -0.2) is 0 Å². The van der Waals surface area contributed by atoms with Gasteiger partial charge in [-0.15, -0.1) is 0 Å². The Morgan fingerprint density at radius 2 is 1.64 bits per heavy atom. The van der Waals surface area contributed by atoms with Crippen LogP contribution in [0.1, 0.15) is 34.0 Å². The van der Waals surface area contributed by atoms with Crippen molar-refractivity contribution in [3.8, 4) is 0 Å². The first kappa shape index (κ1) is 15.8. The van der Waals surface area contributed by atoms with Crippen LogP contribution < -0.4 is 10.6 Å². The molecule has 0 radical (unpaired) electrons. The topological polar surface area (TPSA) is 58.2 Å². The van der Waals surface area contributed by atoms with Crippen molar-refractivity contribution >= 4 is 17.5 Å². The molecule has 2 N–H and O–H groups in total. The fourth-order valence-corrected chi connectivity index (χ4v) is 2.08. The van der Waals surface area contributed by atoms with Crippen LogP contribution in [0.2, 0.25) is 0 Å².